The van der Waals surface area contributed by atoms with E-state index >= 15 is 0 Å². The Hall–Kier alpha value is -0.520. The molecule has 0 radical (unpaired) electrons. The summed E-state index contributed by atoms with van der Waals surface area (Å²) in [6.07, 6.45) is 6.48. The van der Waals surface area contributed by atoms with Crippen molar-refractivity contribution in [3.05, 3.63) is 18.2 Å². The highest BCUT2D eigenvalue weighted by Crippen LogP contribution is 2.25. The number of hydrogen-bond donors (Lipinski definition) is 1. The zero-order valence-electron chi connectivity index (χ0n) is 12.0. The molecule has 2 unspecified atom stereocenters. The fourth-order valence-corrected chi connectivity index (χ4v) is 3.32. The molecule has 0 amide bonds. The van der Waals surface area contributed by atoms with Gasteiger partial charge in [-0.25, -0.2) is 4.98 Å². The van der Waals surface area contributed by atoms with Crippen molar-refractivity contribution in [3.63, 3.8) is 0 Å². The van der Waals surface area contributed by atoms with Gasteiger partial charge in [0.05, 0.1) is 18.8 Å². The summed E-state index contributed by atoms with van der Waals surface area (Å²) in [6, 6.07) is 0.217. The van der Waals surface area contributed by atoms with E-state index in [2.05, 4.69) is 34.9 Å². The van der Waals surface area contributed by atoms with Gasteiger partial charge in [0.2, 0.25) is 0 Å². The Kier molecular flexibility index (Phi) is 6.20. The van der Waals surface area contributed by atoms with Crippen LogP contribution in [0.5, 0.6) is 0 Å². The zero-order chi connectivity index (χ0) is 13.5. The molecule has 19 heavy (non-hydrogen) atoms. The van der Waals surface area contributed by atoms with Crippen molar-refractivity contribution in [3.8, 4) is 0 Å². The van der Waals surface area contributed by atoms with Crippen LogP contribution in [0.3, 0.4) is 0 Å². The summed E-state index contributed by atoms with van der Waals surface area (Å²) < 4.78 is 8.22. The molecule has 4 nitrogen and oxygen atoms in total. The molecule has 1 N–H and O–H groups in total. The fourth-order valence-electron chi connectivity index (χ4n) is 2.42. The van der Waals surface area contributed by atoms with Gasteiger partial charge in [0.15, 0.2) is 0 Å². The minimum Gasteiger partial charge on any atom is -0.374 e. The maximum absolute atomic E-state index is 5.96. The molecule has 1 fully saturated rings. The van der Waals surface area contributed by atoms with E-state index in [0.29, 0.717) is 0 Å². The zero-order valence-corrected chi connectivity index (χ0v) is 12.8. The van der Waals surface area contributed by atoms with E-state index in [9.17, 15) is 0 Å². The van der Waals surface area contributed by atoms with Crippen molar-refractivity contribution >= 4 is 11.8 Å². The summed E-state index contributed by atoms with van der Waals surface area (Å²) in [6.45, 7) is 7.28. The highest BCUT2D eigenvalue weighted by atomic mass is 32.2. The third-order valence-electron chi connectivity index (χ3n) is 3.32. The van der Waals surface area contributed by atoms with Crippen molar-refractivity contribution in [2.45, 2.75) is 45.4 Å². The van der Waals surface area contributed by atoms with Gasteiger partial charge in [0.1, 0.15) is 5.82 Å². The molecular weight excluding hydrogens is 258 g/mol. The Labute approximate surface area is 120 Å². The Morgan fingerprint density at radius 3 is 3.11 bits per heavy atom. The summed E-state index contributed by atoms with van der Waals surface area (Å²) in [5.74, 6) is 3.30. The highest BCUT2D eigenvalue weighted by molar-refractivity contribution is 7.99. The number of hydrogen-bond acceptors (Lipinski definition) is 4. The molecule has 1 saturated heterocycles. The van der Waals surface area contributed by atoms with Gasteiger partial charge in [0, 0.05) is 30.4 Å². The Balaban J connectivity index is 2.12. The predicted octanol–water partition coefficient (Wildman–Crippen LogP) is 2.47. The van der Waals surface area contributed by atoms with E-state index < -0.39 is 0 Å². The summed E-state index contributed by atoms with van der Waals surface area (Å²) in [5, 5.41) is 3.62. The molecular formula is C14H25N3OS. The first kappa shape index (κ1) is 14.9. The van der Waals surface area contributed by atoms with Crippen LogP contribution in [0.4, 0.5) is 0 Å². The van der Waals surface area contributed by atoms with E-state index in [0.717, 1.165) is 49.9 Å². The van der Waals surface area contributed by atoms with Gasteiger partial charge < -0.3 is 14.6 Å². The van der Waals surface area contributed by atoms with Crippen molar-refractivity contribution in [2.75, 3.05) is 24.7 Å². The largest absolute Gasteiger partial charge is 0.374 e. The fraction of sp³-hybridized carbons (Fsp3) is 0.786. The molecule has 5 heteroatoms. The molecule has 108 valence electrons. The van der Waals surface area contributed by atoms with Gasteiger partial charge >= 0.3 is 0 Å². The second-order valence-electron chi connectivity index (χ2n) is 4.89. The van der Waals surface area contributed by atoms with Gasteiger partial charge in [-0.15, -0.1) is 0 Å². The first-order chi connectivity index (χ1) is 9.36. The van der Waals surface area contributed by atoms with Gasteiger partial charge in [0.25, 0.3) is 0 Å². The number of aryl methyl sites for hydroxylation is 1. The van der Waals surface area contributed by atoms with Crippen molar-refractivity contribution in [1.82, 2.24) is 14.9 Å². The lowest BCUT2D eigenvalue weighted by Crippen LogP contribution is -2.40. The van der Waals surface area contributed by atoms with E-state index in [1.807, 2.05) is 18.0 Å². The molecule has 1 aliphatic heterocycles. The second-order valence-corrected chi connectivity index (χ2v) is 6.04. The number of imidazole rings is 1. The molecule has 0 bridgehead atoms. The molecule has 1 aromatic heterocycles. The first-order valence-corrected chi connectivity index (χ1v) is 8.46. The van der Waals surface area contributed by atoms with Crippen LogP contribution >= 0.6 is 11.8 Å². The van der Waals surface area contributed by atoms with Gasteiger partial charge in [-0.2, -0.15) is 11.8 Å². The van der Waals surface area contributed by atoms with Gasteiger partial charge in [-0.3, -0.25) is 0 Å². The lowest BCUT2D eigenvalue weighted by molar-refractivity contribution is 0.0435. The number of nitrogens with zero attached hydrogens (tertiary/aromatic N) is 2. The number of thioether (sulfide) groups is 1. The molecule has 2 atom stereocenters. The Morgan fingerprint density at radius 1 is 1.53 bits per heavy atom. The van der Waals surface area contributed by atoms with Crippen LogP contribution in [0.25, 0.3) is 0 Å². The molecule has 2 heterocycles. The SMILES string of the molecule is CCCNC(c1nccn1CCC)C1CSCCO1. The van der Waals surface area contributed by atoms with Crippen LogP contribution in [0, 0.1) is 0 Å². The van der Waals surface area contributed by atoms with Crippen molar-refractivity contribution in [2.24, 2.45) is 0 Å². The van der Waals surface area contributed by atoms with E-state index in [1.54, 1.807) is 0 Å². The standard InChI is InChI=1S/C14H25N3OS/c1-3-5-15-13(12-11-19-10-9-18-12)14-16-6-8-17(14)7-4-2/h6,8,12-13,15H,3-5,7,9-11H2,1-2H3. The van der Waals surface area contributed by atoms with Gasteiger partial charge in [-0.1, -0.05) is 13.8 Å². The van der Waals surface area contributed by atoms with Crippen LogP contribution in [0.1, 0.15) is 38.6 Å². The topological polar surface area (TPSA) is 39.1 Å². The monoisotopic (exact) mass is 283 g/mol. The van der Waals surface area contributed by atoms with E-state index in [-0.39, 0.29) is 12.1 Å². The third-order valence-corrected chi connectivity index (χ3v) is 4.34. The minimum absolute atomic E-state index is 0.217. The average Bonchev–Trinajstić information content (AvgIpc) is 2.89. The Bertz CT molecular complexity index is 363. The van der Waals surface area contributed by atoms with Crippen molar-refractivity contribution in [1.29, 1.82) is 0 Å². The third kappa shape index (κ3) is 3.97. The molecule has 0 saturated carbocycles. The number of rotatable bonds is 7. The molecule has 2 rings (SSSR count). The maximum atomic E-state index is 5.96. The predicted molar refractivity (Wildman–Crippen MR) is 80.6 cm³/mol. The Morgan fingerprint density at radius 2 is 2.42 bits per heavy atom. The number of aromatic nitrogens is 2. The van der Waals surface area contributed by atoms with Crippen LogP contribution in [0.15, 0.2) is 12.4 Å². The second kappa shape index (κ2) is 7.92. The molecule has 0 aliphatic carbocycles. The minimum atomic E-state index is 0.217. The smallest absolute Gasteiger partial charge is 0.128 e. The van der Waals surface area contributed by atoms with Crippen LogP contribution in [0.2, 0.25) is 0 Å². The summed E-state index contributed by atoms with van der Waals surface area (Å²) >= 11 is 1.98. The van der Waals surface area contributed by atoms with E-state index in [1.165, 1.54) is 0 Å². The lowest BCUT2D eigenvalue weighted by Gasteiger charge is -2.31. The molecule has 0 aromatic carbocycles. The molecule has 1 aliphatic rings. The quantitative estimate of drug-likeness (QED) is 0.834. The van der Waals surface area contributed by atoms with Crippen LogP contribution in [-0.4, -0.2) is 40.3 Å². The number of nitrogens with one attached hydrogen (secondary N) is 1. The van der Waals surface area contributed by atoms with Crippen LogP contribution in [-0.2, 0) is 11.3 Å². The highest BCUT2D eigenvalue weighted by Gasteiger charge is 2.28. The summed E-state index contributed by atoms with van der Waals surface area (Å²) in [5.41, 5.74) is 0. The van der Waals surface area contributed by atoms with Gasteiger partial charge in [-0.05, 0) is 19.4 Å². The first-order valence-electron chi connectivity index (χ1n) is 7.30. The molecule has 0 spiro atoms. The normalized spacial score (nSPS) is 21.5. The lowest BCUT2D eigenvalue weighted by atomic mass is 10.1. The van der Waals surface area contributed by atoms with Crippen LogP contribution < -0.4 is 5.32 Å². The van der Waals surface area contributed by atoms with E-state index in [4.69, 9.17) is 4.74 Å². The van der Waals surface area contributed by atoms with Crippen molar-refractivity contribution < 1.29 is 4.74 Å². The summed E-state index contributed by atoms with van der Waals surface area (Å²) in [7, 11) is 0. The maximum Gasteiger partial charge on any atom is 0.128 e. The number of ether oxygens (including phenoxy) is 1. The molecule has 1 aromatic rings. The average molecular weight is 283 g/mol. The summed E-state index contributed by atoms with van der Waals surface area (Å²) in [4.78, 5) is 4.57.